The molecule has 118 valence electrons. The van der Waals surface area contributed by atoms with Gasteiger partial charge in [-0.3, -0.25) is 9.89 Å². The number of hydrogen-bond acceptors (Lipinski definition) is 4. The average Bonchev–Trinajstić information content (AvgIpc) is 3.21. The van der Waals surface area contributed by atoms with E-state index in [1.165, 1.54) is 12.1 Å². The van der Waals surface area contributed by atoms with Gasteiger partial charge in [-0.25, -0.2) is 4.39 Å². The topological polar surface area (TPSA) is 67.0 Å². The van der Waals surface area contributed by atoms with Gasteiger partial charge in [-0.2, -0.15) is 5.10 Å². The molecule has 7 heteroatoms. The second kappa shape index (κ2) is 7.06. The van der Waals surface area contributed by atoms with Gasteiger partial charge in [0.05, 0.1) is 17.1 Å². The van der Waals surface area contributed by atoms with E-state index in [2.05, 4.69) is 15.5 Å². The molecule has 0 saturated carbocycles. The van der Waals surface area contributed by atoms with Gasteiger partial charge >= 0.3 is 0 Å². The van der Waals surface area contributed by atoms with E-state index in [4.69, 9.17) is 4.74 Å². The van der Waals surface area contributed by atoms with Gasteiger partial charge in [0.2, 0.25) is 0 Å². The van der Waals surface area contributed by atoms with Crippen LogP contribution in [0.25, 0.3) is 10.6 Å². The fourth-order valence-electron chi connectivity index (χ4n) is 1.98. The SMILES string of the molecule is O=C(NCCOc1cccc(F)c1)c1cc(-c2cccs2)[nH]n1. The molecular weight excluding hydrogens is 317 g/mol. The van der Waals surface area contributed by atoms with Crippen molar-refractivity contribution in [3.05, 3.63) is 59.4 Å². The molecule has 0 aliphatic rings. The third-order valence-electron chi connectivity index (χ3n) is 3.05. The molecule has 0 unspecified atom stereocenters. The van der Waals surface area contributed by atoms with E-state index in [0.717, 1.165) is 10.6 Å². The van der Waals surface area contributed by atoms with Crippen LogP contribution in [0.5, 0.6) is 5.75 Å². The highest BCUT2D eigenvalue weighted by Gasteiger charge is 2.11. The highest BCUT2D eigenvalue weighted by Crippen LogP contribution is 2.22. The highest BCUT2D eigenvalue weighted by molar-refractivity contribution is 7.13. The van der Waals surface area contributed by atoms with Gasteiger partial charge in [-0.15, -0.1) is 11.3 Å². The summed E-state index contributed by atoms with van der Waals surface area (Å²) in [5.74, 6) is -0.213. The maximum absolute atomic E-state index is 13.0. The molecule has 0 aliphatic carbocycles. The van der Waals surface area contributed by atoms with Gasteiger partial charge in [-0.1, -0.05) is 12.1 Å². The molecule has 0 radical (unpaired) electrons. The fraction of sp³-hybridized carbons (Fsp3) is 0.125. The number of benzene rings is 1. The van der Waals surface area contributed by atoms with Crippen LogP contribution in [0.2, 0.25) is 0 Å². The minimum absolute atomic E-state index is 0.247. The summed E-state index contributed by atoms with van der Waals surface area (Å²) in [6.45, 7) is 0.550. The lowest BCUT2D eigenvalue weighted by Gasteiger charge is -2.06. The lowest BCUT2D eigenvalue weighted by molar-refractivity contribution is 0.0942. The molecule has 0 atom stereocenters. The first-order valence-corrected chi connectivity index (χ1v) is 7.86. The summed E-state index contributed by atoms with van der Waals surface area (Å²) in [5, 5.41) is 11.5. The molecule has 3 rings (SSSR count). The first-order valence-electron chi connectivity index (χ1n) is 6.98. The second-order valence-corrected chi connectivity index (χ2v) is 5.65. The summed E-state index contributed by atoms with van der Waals surface area (Å²) in [6.07, 6.45) is 0. The number of amides is 1. The van der Waals surface area contributed by atoms with E-state index in [-0.39, 0.29) is 18.3 Å². The number of H-pyrrole nitrogens is 1. The number of aromatic nitrogens is 2. The standard InChI is InChI=1S/C16H14FN3O2S/c17-11-3-1-4-12(9-11)22-7-6-18-16(21)14-10-13(19-20-14)15-5-2-8-23-15/h1-5,8-10H,6-7H2,(H,18,21)(H,19,20). The van der Waals surface area contributed by atoms with Crippen molar-refractivity contribution in [3.8, 4) is 16.3 Å². The van der Waals surface area contributed by atoms with Crippen molar-refractivity contribution in [2.75, 3.05) is 13.2 Å². The van der Waals surface area contributed by atoms with Crippen molar-refractivity contribution >= 4 is 17.2 Å². The zero-order chi connectivity index (χ0) is 16.1. The smallest absolute Gasteiger partial charge is 0.271 e. The number of carbonyl (C=O) groups is 1. The number of nitrogens with one attached hydrogen (secondary N) is 2. The van der Waals surface area contributed by atoms with Gasteiger partial charge in [0.1, 0.15) is 18.2 Å². The minimum Gasteiger partial charge on any atom is -0.492 e. The number of aromatic amines is 1. The number of carbonyl (C=O) groups excluding carboxylic acids is 1. The zero-order valence-corrected chi connectivity index (χ0v) is 12.9. The molecule has 1 amide bonds. The Bertz CT molecular complexity index is 786. The number of thiophene rings is 1. The molecule has 2 N–H and O–H groups in total. The maximum atomic E-state index is 13.0. The molecule has 3 aromatic rings. The first kappa shape index (κ1) is 15.2. The highest BCUT2D eigenvalue weighted by atomic mass is 32.1. The summed E-state index contributed by atoms with van der Waals surface area (Å²) in [4.78, 5) is 13.0. The number of ether oxygens (including phenoxy) is 1. The van der Waals surface area contributed by atoms with Gasteiger partial charge in [0.25, 0.3) is 5.91 Å². The lowest BCUT2D eigenvalue weighted by atomic mass is 10.3. The predicted octanol–water partition coefficient (Wildman–Crippen LogP) is 3.09. The Labute approximate surface area is 136 Å². The van der Waals surface area contributed by atoms with Crippen molar-refractivity contribution in [1.82, 2.24) is 15.5 Å². The van der Waals surface area contributed by atoms with E-state index in [9.17, 15) is 9.18 Å². The Morgan fingerprint density at radius 1 is 1.30 bits per heavy atom. The lowest BCUT2D eigenvalue weighted by Crippen LogP contribution is -2.28. The average molecular weight is 331 g/mol. The van der Waals surface area contributed by atoms with E-state index in [0.29, 0.717) is 18.0 Å². The monoisotopic (exact) mass is 331 g/mol. The maximum Gasteiger partial charge on any atom is 0.271 e. The Morgan fingerprint density at radius 2 is 2.22 bits per heavy atom. The van der Waals surface area contributed by atoms with Crippen molar-refractivity contribution < 1.29 is 13.9 Å². The molecule has 0 bridgehead atoms. The quantitative estimate of drug-likeness (QED) is 0.682. The summed E-state index contributed by atoms with van der Waals surface area (Å²) in [7, 11) is 0. The molecule has 2 heterocycles. The fourth-order valence-corrected chi connectivity index (χ4v) is 2.67. The zero-order valence-electron chi connectivity index (χ0n) is 12.1. The van der Waals surface area contributed by atoms with E-state index >= 15 is 0 Å². The summed E-state index contributed by atoms with van der Waals surface area (Å²) < 4.78 is 18.3. The van der Waals surface area contributed by atoms with E-state index in [1.54, 1.807) is 29.5 Å². The van der Waals surface area contributed by atoms with Crippen molar-refractivity contribution in [2.24, 2.45) is 0 Å². The molecule has 23 heavy (non-hydrogen) atoms. The Hall–Kier alpha value is -2.67. The van der Waals surface area contributed by atoms with Crippen LogP contribution in [0.4, 0.5) is 4.39 Å². The molecular formula is C16H14FN3O2S. The van der Waals surface area contributed by atoms with Gasteiger partial charge in [0.15, 0.2) is 5.69 Å². The van der Waals surface area contributed by atoms with Crippen LogP contribution >= 0.6 is 11.3 Å². The van der Waals surface area contributed by atoms with Crippen LogP contribution in [0.3, 0.4) is 0 Å². The summed E-state index contributed by atoms with van der Waals surface area (Å²) >= 11 is 1.57. The second-order valence-electron chi connectivity index (χ2n) is 4.71. The van der Waals surface area contributed by atoms with Crippen molar-refractivity contribution in [2.45, 2.75) is 0 Å². The molecule has 0 aliphatic heterocycles. The molecule has 5 nitrogen and oxygen atoms in total. The molecule has 2 aromatic heterocycles. The summed E-state index contributed by atoms with van der Waals surface area (Å²) in [5.41, 5.74) is 1.13. The van der Waals surface area contributed by atoms with Crippen LogP contribution in [0, 0.1) is 5.82 Å². The van der Waals surface area contributed by atoms with Gasteiger partial charge < -0.3 is 10.1 Å². The van der Waals surface area contributed by atoms with Crippen LogP contribution in [-0.4, -0.2) is 29.3 Å². The molecule has 0 saturated heterocycles. The largest absolute Gasteiger partial charge is 0.492 e. The van der Waals surface area contributed by atoms with Crippen molar-refractivity contribution in [3.63, 3.8) is 0 Å². The first-order chi connectivity index (χ1) is 11.2. The molecule has 1 aromatic carbocycles. The van der Waals surface area contributed by atoms with Gasteiger partial charge in [0, 0.05) is 6.07 Å². The van der Waals surface area contributed by atoms with Crippen LogP contribution in [0.15, 0.2) is 47.8 Å². The van der Waals surface area contributed by atoms with Crippen molar-refractivity contribution in [1.29, 1.82) is 0 Å². The number of nitrogens with zero attached hydrogens (tertiary/aromatic N) is 1. The number of halogens is 1. The van der Waals surface area contributed by atoms with Gasteiger partial charge in [-0.05, 0) is 29.6 Å². The summed E-state index contributed by atoms with van der Waals surface area (Å²) in [6, 6.07) is 11.5. The third-order valence-corrected chi connectivity index (χ3v) is 3.95. The predicted molar refractivity (Wildman–Crippen MR) is 86.1 cm³/mol. The van der Waals surface area contributed by atoms with Crippen LogP contribution < -0.4 is 10.1 Å². The number of rotatable bonds is 6. The normalized spacial score (nSPS) is 10.5. The molecule has 0 fully saturated rings. The van der Waals surface area contributed by atoms with Crippen LogP contribution in [-0.2, 0) is 0 Å². The third kappa shape index (κ3) is 3.95. The Kier molecular flexibility index (Phi) is 4.68. The van der Waals surface area contributed by atoms with E-state index in [1.807, 2.05) is 17.5 Å². The Balaban J connectivity index is 1.48. The Morgan fingerprint density at radius 3 is 3.00 bits per heavy atom. The van der Waals surface area contributed by atoms with Crippen LogP contribution in [0.1, 0.15) is 10.5 Å². The van der Waals surface area contributed by atoms with E-state index < -0.39 is 0 Å². The number of hydrogen-bond donors (Lipinski definition) is 2. The minimum atomic E-state index is -0.357. The molecule has 0 spiro atoms.